The molecule has 5 heteroatoms. The molecule has 0 saturated heterocycles. The molecule has 0 spiro atoms. The second kappa shape index (κ2) is 5.61. The molecule has 1 aromatic rings. The fourth-order valence-corrected chi connectivity index (χ4v) is 1.26. The summed E-state index contributed by atoms with van der Waals surface area (Å²) in [6.07, 6.45) is 0. The highest BCUT2D eigenvalue weighted by molar-refractivity contribution is 5.80. The minimum absolute atomic E-state index is 0.00551. The molecule has 1 aromatic carbocycles. The number of hydrogen-bond donors (Lipinski definition) is 1. The SMILES string of the molecule is CCN(C)C(=O)CNc1cc(F)c(C)cc1F. The molecule has 1 amide bonds. The van der Waals surface area contributed by atoms with E-state index in [1.54, 1.807) is 7.05 Å². The molecule has 0 bridgehead atoms. The van der Waals surface area contributed by atoms with Crippen molar-refractivity contribution < 1.29 is 13.6 Å². The van der Waals surface area contributed by atoms with Crippen LogP contribution in [-0.2, 0) is 4.79 Å². The van der Waals surface area contributed by atoms with E-state index in [9.17, 15) is 13.6 Å². The van der Waals surface area contributed by atoms with Gasteiger partial charge in [-0.15, -0.1) is 0 Å². The van der Waals surface area contributed by atoms with Gasteiger partial charge in [-0.2, -0.15) is 0 Å². The van der Waals surface area contributed by atoms with Gasteiger partial charge in [-0.25, -0.2) is 8.78 Å². The van der Waals surface area contributed by atoms with E-state index in [2.05, 4.69) is 5.32 Å². The van der Waals surface area contributed by atoms with Crippen LogP contribution in [0.25, 0.3) is 0 Å². The topological polar surface area (TPSA) is 32.3 Å². The van der Waals surface area contributed by atoms with Gasteiger partial charge in [0.25, 0.3) is 0 Å². The zero-order valence-corrected chi connectivity index (χ0v) is 10.2. The highest BCUT2D eigenvalue weighted by Crippen LogP contribution is 2.18. The smallest absolute Gasteiger partial charge is 0.241 e. The first kappa shape index (κ1) is 13.4. The number of halogens is 2. The third kappa shape index (κ3) is 3.41. The number of nitrogens with one attached hydrogen (secondary N) is 1. The van der Waals surface area contributed by atoms with E-state index in [-0.39, 0.29) is 23.7 Å². The lowest BCUT2D eigenvalue weighted by Gasteiger charge is -2.15. The van der Waals surface area contributed by atoms with Crippen molar-refractivity contribution in [3.63, 3.8) is 0 Å². The number of aryl methyl sites for hydroxylation is 1. The van der Waals surface area contributed by atoms with Gasteiger partial charge in [-0.1, -0.05) is 0 Å². The predicted octanol–water partition coefficient (Wildman–Crippen LogP) is 2.16. The van der Waals surface area contributed by atoms with Crippen LogP contribution in [0.15, 0.2) is 12.1 Å². The molecule has 0 fully saturated rings. The Bertz CT molecular complexity index is 421. The first-order chi connectivity index (χ1) is 7.95. The lowest BCUT2D eigenvalue weighted by Crippen LogP contribution is -2.32. The minimum atomic E-state index is -0.559. The number of likely N-dealkylation sites (N-methyl/N-ethyl adjacent to an activating group) is 1. The summed E-state index contributed by atoms with van der Waals surface area (Å²) >= 11 is 0. The number of rotatable bonds is 4. The van der Waals surface area contributed by atoms with Crippen LogP contribution in [0.2, 0.25) is 0 Å². The summed E-state index contributed by atoms with van der Waals surface area (Å²) < 4.78 is 26.6. The lowest BCUT2D eigenvalue weighted by atomic mass is 10.2. The Morgan fingerprint density at radius 1 is 1.35 bits per heavy atom. The Balaban J connectivity index is 2.70. The summed E-state index contributed by atoms with van der Waals surface area (Å²) in [5.74, 6) is -1.23. The molecule has 17 heavy (non-hydrogen) atoms. The molecule has 0 saturated carbocycles. The van der Waals surface area contributed by atoms with Crippen LogP contribution in [0.3, 0.4) is 0 Å². The molecular formula is C12H16F2N2O. The lowest BCUT2D eigenvalue weighted by molar-refractivity contribution is -0.127. The Morgan fingerprint density at radius 2 is 2.00 bits per heavy atom. The standard InChI is InChI=1S/C12H16F2N2O/c1-4-16(3)12(17)7-15-11-6-9(13)8(2)5-10(11)14/h5-6,15H,4,7H2,1-3H3. The van der Waals surface area contributed by atoms with Crippen LogP contribution in [0.4, 0.5) is 14.5 Å². The Hall–Kier alpha value is -1.65. The predicted molar refractivity (Wildman–Crippen MR) is 62.9 cm³/mol. The van der Waals surface area contributed by atoms with Crippen molar-refractivity contribution in [2.24, 2.45) is 0 Å². The molecule has 0 aliphatic rings. The number of anilines is 1. The van der Waals surface area contributed by atoms with E-state index < -0.39 is 11.6 Å². The number of amides is 1. The summed E-state index contributed by atoms with van der Waals surface area (Å²) in [6.45, 7) is 3.84. The zero-order valence-electron chi connectivity index (χ0n) is 10.2. The molecule has 0 heterocycles. The fourth-order valence-electron chi connectivity index (χ4n) is 1.26. The maximum Gasteiger partial charge on any atom is 0.241 e. The van der Waals surface area contributed by atoms with Crippen LogP contribution in [0.1, 0.15) is 12.5 Å². The van der Waals surface area contributed by atoms with E-state index in [1.165, 1.54) is 11.8 Å². The highest BCUT2D eigenvalue weighted by Gasteiger charge is 2.10. The number of carbonyl (C=O) groups excluding carboxylic acids is 1. The molecule has 0 unspecified atom stereocenters. The van der Waals surface area contributed by atoms with Gasteiger partial charge in [0.15, 0.2) is 0 Å². The molecule has 0 atom stereocenters. The van der Waals surface area contributed by atoms with E-state index in [0.717, 1.165) is 12.1 Å². The number of benzene rings is 1. The maximum absolute atomic E-state index is 13.4. The average Bonchev–Trinajstić information content (AvgIpc) is 2.30. The summed E-state index contributed by atoms with van der Waals surface area (Å²) in [4.78, 5) is 13.0. The van der Waals surface area contributed by atoms with Crippen molar-refractivity contribution in [1.82, 2.24) is 4.90 Å². The van der Waals surface area contributed by atoms with Gasteiger partial charge in [0.05, 0.1) is 12.2 Å². The van der Waals surface area contributed by atoms with Gasteiger partial charge in [0.1, 0.15) is 11.6 Å². The average molecular weight is 242 g/mol. The molecular weight excluding hydrogens is 226 g/mol. The van der Waals surface area contributed by atoms with Gasteiger partial charge in [-0.05, 0) is 25.5 Å². The maximum atomic E-state index is 13.4. The Labute approximate surface area is 99.4 Å². The van der Waals surface area contributed by atoms with E-state index in [0.29, 0.717) is 6.54 Å². The zero-order chi connectivity index (χ0) is 13.0. The van der Waals surface area contributed by atoms with Gasteiger partial charge in [0, 0.05) is 19.7 Å². The highest BCUT2D eigenvalue weighted by atomic mass is 19.1. The Morgan fingerprint density at radius 3 is 2.59 bits per heavy atom. The van der Waals surface area contributed by atoms with Crippen molar-refractivity contribution in [3.05, 3.63) is 29.3 Å². The third-order valence-electron chi connectivity index (χ3n) is 2.58. The second-order valence-corrected chi connectivity index (χ2v) is 3.84. The molecule has 94 valence electrons. The fraction of sp³-hybridized carbons (Fsp3) is 0.417. The van der Waals surface area contributed by atoms with Crippen molar-refractivity contribution in [1.29, 1.82) is 0 Å². The van der Waals surface area contributed by atoms with Crippen LogP contribution in [0, 0.1) is 18.6 Å². The Kier molecular flexibility index (Phi) is 4.43. The van der Waals surface area contributed by atoms with Crippen LogP contribution in [-0.4, -0.2) is 30.9 Å². The number of hydrogen-bond acceptors (Lipinski definition) is 2. The molecule has 0 aromatic heterocycles. The molecule has 1 rings (SSSR count). The molecule has 0 aliphatic carbocycles. The second-order valence-electron chi connectivity index (χ2n) is 3.84. The summed E-state index contributed by atoms with van der Waals surface area (Å²) in [5.41, 5.74) is 0.246. The minimum Gasteiger partial charge on any atom is -0.374 e. The van der Waals surface area contributed by atoms with Crippen molar-refractivity contribution in [2.45, 2.75) is 13.8 Å². The monoisotopic (exact) mass is 242 g/mol. The van der Waals surface area contributed by atoms with E-state index >= 15 is 0 Å². The van der Waals surface area contributed by atoms with Gasteiger partial charge in [-0.3, -0.25) is 4.79 Å². The third-order valence-corrected chi connectivity index (χ3v) is 2.58. The quantitative estimate of drug-likeness (QED) is 0.877. The normalized spacial score (nSPS) is 10.2. The summed E-state index contributed by atoms with van der Waals surface area (Å²) in [5, 5.41) is 2.59. The molecule has 1 N–H and O–H groups in total. The summed E-state index contributed by atoms with van der Waals surface area (Å²) in [6, 6.07) is 2.16. The largest absolute Gasteiger partial charge is 0.374 e. The molecule has 3 nitrogen and oxygen atoms in total. The number of carbonyl (C=O) groups is 1. The first-order valence-electron chi connectivity index (χ1n) is 5.39. The van der Waals surface area contributed by atoms with Crippen LogP contribution < -0.4 is 5.32 Å². The molecule has 0 aliphatic heterocycles. The van der Waals surface area contributed by atoms with Crippen LogP contribution in [0.5, 0.6) is 0 Å². The summed E-state index contributed by atoms with van der Waals surface area (Å²) in [7, 11) is 1.65. The van der Waals surface area contributed by atoms with E-state index in [1.807, 2.05) is 6.92 Å². The van der Waals surface area contributed by atoms with Crippen LogP contribution >= 0.6 is 0 Å². The first-order valence-corrected chi connectivity index (χ1v) is 5.39. The van der Waals surface area contributed by atoms with Crippen molar-refractivity contribution in [2.75, 3.05) is 25.5 Å². The van der Waals surface area contributed by atoms with Gasteiger partial charge in [0.2, 0.25) is 5.91 Å². The van der Waals surface area contributed by atoms with E-state index in [4.69, 9.17) is 0 Å². The molecule has 0 radical (unpaired) electrons. The van der Waals surface area contributed by atoms with Crippen molar-refractivity contribution >= 4 is 11.6 Å². The number of nitrogens with zero attached hydrogens (tertiary/aromatic N) is 1. The van der Waals surface area contributed by atoms with Crippen molar-refractivity contribution in [3.8, 4) is 0 Å². The van der Waals surface area contributed by atoms with Gasteiger partial charge >= 0.3 is 0 Å². The van der Waals surface area contributed by atoms with Gasteiger partial charge < -0.3 is 10.2 Å².